The largest absolute Gasteiger partial charge is 0.456 e. The van der Waals surface area contributed by atoms with Crippen LogP contribution in [0.5, 0.6) is 0 Å². The lowest BCUT2D eigenvalue weighted by atomic mass is 9.77. The molecule has 1 heterocycles. The van der Waals surface area contributed by atoms with Crippen LogP contribution in [0.1, 0.15) is 0 Å². The SMILES string of the molecule is c1ccc(-c2cccc(N(c3ccc4cc5c(cc4c3)-c3cc4cc(-c6ccccc6)ccc4cc3-5)c3ccc4oc5ccccc5c4c3)c2)cc1. The summed E-state index contributed by atoms with van der Waals surface area (Å²) < 4.78 is 6.23. The first-order valence-corrected chi connectivity index (χ1v) is 17.8. The number of fused-ring (bicyclic) bond motifs is 9. The van der Waals surface area contributed by atoms with Crippen LogP contribution in [0.15, 0.2) is 192 Å². The Morgan fingerprint density at radius 3 is 1.54 bits per heavy atom. The lowest BCUT2D eigenvalue weighted by molar-refractivity contribution is 0.669. The van der Waals surface area contributed by atoms with E-state index in [-0.39, 0.29) is 0 Å². The quantitative estimate of drug-likeness (QED) is 0.182. The fourth-order valence-corrected chi connectivity index (χ4v) is 8.12. The third kappa shape index (κ3) is 4.58. The van der Waals surface area contributed by atoms with Gasteiger partial charge < -0.3 is 9.32 Å². The molecule has 2 nitrogen and oxygen atoms in total. The minimum Gasteiger partial charge on any atom is -0.456 e. The van der Waals surface area contributed by atoms with Crippen molar-refractivity contribution >= 4 is 60.5 Å². The first-order chi connectivity index (χ1) is 25.7. The molecule has 0 bridgehead atoms. The molecule has 0 N–H and O–H groups in total. The maximum atomic E-state index is 6.23. The van der Waals surface area contributed by atoms with E-state index in [1.54, 1.807) is 0 Å². The van der Waals surface area contributed by atoms with Gasteiger partial charge in [-0.25, -0.2) is 0 Å². The van der Waals surface area contributed by atoms with Gasteiger partial charge in [-0.15, -0.1) is 0 Å². The normalized spacial score (nSPS) is 11.8. The van der Waals surface area contributed by atoms with Crippen LogP contribution in [0.2, 0.25) is 0 Å². The summed E-state index contributed by atoms with van der Waals surface area (Å²) in [6, 6.07) is 68.1. The molecule has 52 heavy (non-hydrogen) atoms. The van der Waals surface area contributed by atoms with Gasteiger partial charge in [0.1, 0.15) is 11.2 Å². The number of hydrogen-bond acceptors (Lipinski definition) is 2. The number of nitrogens with zero attached hydrogens (tertiary/aromatic N) is 1. The van der Waals surface area contributed by atoms with Crippen molar-refractivity contribution in [1.82, 2.24) is 0 Å². The first kappa shape index (κ1) is 28.9. The Labute approximate surface area is 301 Å². The number of benzene rings is 9. The van der Waals surface area contributed by atoms with E-state index in [1.807, 2.05) is 12.1 Å². The Bertz CT molecular complexity index is 3010. The standard InChI is InChI=1S/C50H31NO/c1-3-10-32(11-4-1)34-14-9-15-40(25-34)51(42-22-23-50-48(31-42)43-16-7-8-17-49(43)52-50)41-21-20-37-28-45-44-27-36-19-18-35(33-12-5-2-6-13-33)24-38(36)29-46(44)47(45)30-39(37)26-41/h1-31H. The van der Waals surface area contributed by atoms with E-state index in [0.717, 1.165) is 39.0 Å². The van der Waals surface area contributed by atoms with Crippen LogP contribution in [0.4, 0.5) is 17.1 Å². The monoisotopic (exact) mass is 661 g/mol. The smallest absolute Gasteiger partial charge is 0.135 e. The van der Waals surface area contributed by atoms with Gasteiger partial charge in [-0.05, 0) is 145 Å². The van der Waals surface area contributed by atoms with Gasteiger partial charge in [0.15, 0.2) is 0 Å². The fraction of sp³-hybridized carbons (Fsp3) is 0. The van der Waals surface area contributed by atoms with Crippen molar-refractivity contribution in [3.8, 4) is 44.5 Å². The van der Waals surface area contributed by atoms with Crippen molar-refractivity contribution in [1.29, 1.82) is 0 Å². The Morgan fingerprint density at radius 1 is 0.288 bits per heavy atom. The van der Waals surface area contributed by atoms with Crippen molar-refractivity contribution in [2.75, 3.05) is 4.90 Å². The summed E-state index contributed by atoms with van der Waals surface area (Å²) in [7, 11) is 0. The van der Waals surface area contributed by atoms with Gasteiger partial charge in [-0.3, -0.25) is 0 Å². The van der Waals surface area contributed by atoms with Crippen LogP contribution >= 0.6 is 0 Å². The van der Waals surface area contributed by atoms with Crippen LogP contribution in [0.25, 0.3) is 88.0 Å². The molecule has 11 rings (SSSR count). The molecule has 0 spiro atoms. The molecule has 1 aromatic heterocycles. The van der Waals surface area contributed by atoms with E-state index in [9.17, 15) is 0 Å². The zero-order chi connectivity index (χ0) is 34.2. The summed E-state index contributed by atoms with van der Waals surface area (Å²) in [6.45, 7) is 0. The highest BCUT2D eigenvalue weighted by atomic mass is 16.3. The maximum Gasteiger partial charge on any atom is 0.135 e. The second-order valence-electron chi connectivity index (χ2n) is 13.8. The molecule has 0 saturated carbocycles. The predicted octanol–water partition coefficient (Wildman–Crippen LogP) is 14.3. The molecule has 9 aromatic carbocycles. The molecule has 2 heteroatoms. The van der Waals surface area contributed by atoms with Gasteiger partial charge in [0.25, 0.3) is 0 Å². The number of para-hydroxylation sites is 1. The molecule has 0 aliphatic heterocycles. The summed E-state index contributed by atoms with van der Waals surface area (Å²) >= 11 is 0. The molecule has 0 atom stereocenters. The Morgan fingerprint density at radius 2 is 0.808 bits per heavy atom. The van der Waals surface area contributed by atoms with E-state index in [4.69, 9.17) is 4.42 Å². The first-order valence-electron chi connectivity index (χ1n) is 17.8. The van der Waals surface area contributed by atoms with Gasteiger partial charge in [0.05, 0.1) is 0 Å². The van der Waals surface area contributed by atoms with E-state index in [1.165, 1.54) is 66.1 Å². The molecule has 1 aliphatic rings. The third-order valence-electron chi connectivity index (χ3n) is 10.7. The van der Waals surface area contributed by atoms with E-state index in [0.29, 0.717) is 0 Å². The molecular formula is C50H31NO. The summed E-state index contributed by atoms with van der Waals surface area (Å²) in [5.74, 6) is 0. The average Bonchev–Trinajstić information content (AvgIpc) is 3.58. The highest BCUT2D eigenvalue weighted by Crippen LogP contribution is 2.51. The highest BCUT2D eigenvalue weighted by molar-refractivity contribution is 6.13. The zero-order valence-electron chi connectivity index (χ0n) is 28.3. The topological polar surface area (TPSA) is 16.4 Å². The number of anilines is 3. The van der Waals surface area contributed by atoms with E-state index < -0.39 is 0 Å². The van der Waals surface area contributed by atoms with Crippen LogP contribution in [0, 0.1) is 0 Å². The molecule has 0 saturated heterocycles. The van der Waals surface area contributed by atoms with Gasteiger partial charge in [0, 0.05) is 27.8 Å². The highest BCUT2D eigenvalue weighted by Gasteiger charge is 2.24. The Hall–Kier alpha value is -6.90. The zero-order valence-corrected chi connectivity index (χ0v) is 28.3. The van der Waals surface area contributed by atoms with Crippen LogP contribution < -0.4 is 4.90 Å². The molecule has 10 aromatic rings. The molecule has 0 fully saturated rings. The minimum absolute atomic E-state index is 0.892. The maximum absolute atomic E-state index is 6.23. The fourth-order valence-electron chi connectivity index (χ4n) is 8.12. The minimum atomic E-state index is 0.892. The van der Waals surface area contributed by atoms with Gasteiger partial charge in [-0.2, -0.15) is 0 Å². The van der Waals surface area contributed by atoms with Crippen LogP contribution in [-0.4, -0.2) is 0 Å². The number of furan rings is 1. The lowest BCUT2D eigenvalue weighted by Crippen LogP contribution is -2.10. The predicted molar refractivity (Wildman–Crippen MR) is 219 cm³/mol. The van der Waals surface area contributed by atoms with Crippen molar-refractivity contribution in [2.45, 2.75) is 0 Å². The Kier molecular flexibility index (Phi) is 6.28. The Balaban J connectivity index is 1.05. The second-order valence-corrected chi connectivity index (χ2v) is 13.8. The van der Waals surface area contributed by atoms with Crippen molar-refractivity contribution in [3.63, 3.8) is 0 Å². The van der Waals surface area contributed by atoms with Gasteiger partial charge in [0.2, 0.25) is 0 Å². The average molecular weight is 662 g/mol. The second kappa shape index (κ2) is 11.3. The van der Waals surface area contributed by atoms with Crippen molar-refractivity contribution in [3.05, 3.63) is 188 Å². The van der Waals surface area contributed by atoms with Crippen molar-refractivity contribution < 1.29 is 4.42 Å². The molecular weight excluding hydrogens is 631 g/mol. The van der Waals surface area contributed by atoms with Gasteiger partial charge >= 0.3 is 0 Å². The molecule has 0 amide bonds. The molecule has 242 valence electrons. The third-order valence-corrected chi connectivity index (χ3v) is 10.7. The van der Waals surface area contributed by atoms with Crippen LogP contribution in [-0.2, 0) is 0 Å². The van der Waals surface area contributed by atoms with Gasteiger partial charge in [-0.1, -0.05) is 109 Å². The van der Waals surface area contributed by atoms with Crippen LogP contribution in [0.3, 0.4) is 0 Å². The summed E-state index contributed by atoms with van der Waals surface area (Å²) in [5.41, 5.74) is 15.2. The molecule has 0 unspecified atom stereocenters. The lowest BCUT2D eigenvalue weighted by Gasteiger charge is -2.28. The van der Waals surface area contributed by atoms with E-state index in [2.05, 4.69) is 181 Å². The molecule has 0 radical (unpaired) electrons. The van der Waals surface area contributed by atoms with Crippen molar-refractivity contribution in [2.24, 2.45) is 0 Å². The number of hydrogen-bond donors (Lipinski definition) is 0. The van der Waals surface area contributed by atoms with E-state index >= 15 is 0 Å². The molecule has 1 aliphatic carbocycles. The number of rotatable bonds is 5. The summed E-state index contributed by atoms with van der Waals surface area (Å²) in [5, 5.41) is 7.23. The summed E-state index contributed by atoms with van der Waals surface area (Å²) in [4.78, 5) is 2.37. The summed E-state index contributed by atoms with van der Waals surface area (Å²) in [6.07, 6.45) is 0.